The maximum Gasteiger partial charge on any atom is 0.323 e. The predicted molar refractivity (Wildman–Crippen MR) is 105 cm³/mol. The molecule has 0 spiro atoms. The lowest BCUT2D eigenvalue weighted by molar-refractivity contribution is 0.0938. The SMILES string of the molecule is Cc1occc1C(=O)NC(C)c1ccc(NC(=O)Nc2ccccc2)cc1. The first kappa shape index (κ1) is 18.3. The van der Waals surface area contributed by atoms with Crippen LogP contribution >= 0.6 is 0 Å². The summed E-state index contributed by atoms with van der Waals surface area (Å²) in [5, 5.41) is 8.47. The third kappa shape index (κ3) is 4.76. The summed E-state index contributed by atoms with van der Waals surface area (Å²) in [5.41, 5.74) is 2.84. The van der Waals surface area contributed by atoms with Gasteiger partial charge in [0.2, 0.25) is 0 Å². The fourth-order valence-electron chi connectivity index (χ4n) is 2.65. The minimum Gasteiger partial charge on any atom is -0.469 e. The van der Waals surface area contributed by atoms with Gasteiger partial charge in [0.1, 0.15) is 5.76 Å². The van der Waals surface area contributed by atoms with Crippen molar-refractivity contribution in [3.8, 4) is 0 Å². The van der Waals surface area contributed by atoms with E-state index in [2.05, 4.69) is 16.0 Å². The molecule has 0 saturated carbocycles. The summed E-state index contributed by atoms with van der Waals surface area (Å²) < 4.78 is 5.16. The van der Waals surface area contributed by atoms with Crippen LogP contribution in [0.5, 0.6) is 0 Å². The molecule has 3 N–H and O–H groups in total. The number of nitrogens with one attached hydrogen (secondary N) is 3. The Labute approximate surface area is 157 Å². The number of para-hydroxylation sites is 1. The molecule has 1 atom stereocenters. The Bertz CT molecular complexity index is 917. The van der Waals surface area contributed by atoms with Gasteiger partial charge < -0.3 is 20.4 Å². The number of urea groups is 1. The van der Waals surface area contributed by atoms with E-state index in [4.69, 9.17) is 4.42 Å². The summed E-state index contributed by atoms with van der Waals surface area (Å²) in [6.45, 7) is 3.65. The molecule has 3 rings (SSSR count). The lowest BCUT2D eigenvalue weighted by Crippen LogP contribution is -2.26. The van der Waals surface area contributed by atoms with Crippen molar-refractivity contribution in [2.24, 2.45) is 0 Å². The van der Waals surface area contributed by atoms with Crippen LogP contribution in [0.2, 0.25) is 0 Å². The zero-order valence-electron chi connectivity index (χ0n) is 15.2. The quantitative estimate of drug-likeness (QED) is 0.613. The number of carbonyl (C=O) groups excluding carboxylic acids is 2. The number of hydrogen-bond donors (Lipinski definition) is 3. The molecule has 6 nitrogen and oxygen atoms in total. The second-order valence-electron chi connectivity index (χ2n) is 6.15. The molecule has 0 fully saturated rings. The topological polar surface area (TPSA) is 83.4 Å². The van der Waals surface area contributed by atoms with E-state index in [0.717, 1.165) is 11.3 Å². The maximum atomic E-state index is 12.3. The fourth-order valence-corrected chi connectivity index (χ4v) is 2.65. The van der Waals surface area contributed by atoms with Crippen molar-refractivity contribution < 1.29 is 14.0 Å². The van der Waals surface area contributed by atoms with Crippen LogP contribution in [-0.4, -0.2) is 11.9 Å². The number of carbonyl (C=O) groups is 2. The fraction of sp³-hybridized carbons (Fsp3) is 0.143. The minimum absolute atomic E-state index is 0.181. The molecule has 3 amide bonds. The number of benzene rings is 2. The Kier molecular flexibility index (Phi) is 5.56. The average molecular weight is 363 g/mol. The van der Waals surface area contributed by atoms with Gasteiger partial charge in [0.15, 0.2) is 0 Å². The molecular formula is C21H21N3O3. The number of aryl methyl sites for hydroxylation is 1. The van der Waals surface area contributed by atoms with E-state index >= 15 is 0 Å². The zero-order valence-corrected chi connectivity index (χ0v) is 15.2. The molecule has 0 bridgehead atoms. The van der Waals surface area contributed by atoms with Crippen LogP contribution in [0.15, 0.2) is 71.3 Å². The highest BCUT2D eigenvalue weighted by molar-refractivity contribution is 5.99. The lowest BCUT2D eigenvalue weighted by atomic mass is 10.1. The van der Waals surface area contributed by atoms with Gasteiger partial charge >= 0.3 is 6.03 Å². The third-order valence-corrected chi connectivity index (χ3v) is 4.15. The van der Waals surface area contributed by atoms with Crippen molar-refractivity contribution in [1.29, 1.82) is 0 Å². The van der Waals surface area contributed by atoms with E-state index < -0.39 is 0 Å². The number of hydrogen-bond acceptors (Lipinski definition) is 3. The number of amides is 3. The van der Waals surface area contributed by atoms with E-state index in [9.17, 15) is 9.59 Å². The van der Waals surface area contributed by atoms with Crippen LogP contribution in [-0.2, 0) is 0 Å². The minimum atomic E-state index is -0.314. The van der Waals surface area contributed by atoms with Crippen LogP contribution in [0.3, 0.4) is 0 Å². The van der Waals surface area contributed by atoms with Crippen molar-refractivity contribution in [3.63, 3.8) is 0 Å². The molecule has 1 aromatic heterocycles. The molecule has 1 heterocycles. The van der Waals surface area contributed by atoms with Gasteiger partial charge in [-0.1, -0.05) is 30.3 Å². The van der Waals surface area contributed by atoms with Gasteiger partial charge in [-0.3, -0.25) is 4.79 Å². The van der Waals surface area contributed by atoms with Gasteiger partial charge in [-0.05, 0) is 49.7 Å². The molecule has 27 heavy (non-hydrogen) atoms. The first-order chi connectivity index (χ1) is 13.0. The van der Waals surface area contributed by atoms with Crippen molar-refractivity contribution in [1.82, 2.24) is 5.32 Å². The summed E-state index contributed by atoms with van der Waals surface area (Å²) in [6.07, 6.45) is 1.50. The summed E-state index contributed by atoms with van der Waals surface area (Å²) >= 11 is 0. The van der Waals surface area contributed by atoms with E-state index in [1.165, 1.54) is 6.26 Å². The van der Waals surface area contributed by atoms with Crippen molar-refractivity contribution in [2.75, 3.05) is 10.6 Å². The molecule has 0 saturated heterocycles. The monoisotopic (exact) mass is 363 g/mol. The summed E-state index contributed by atoms with van der Waals surface area (Å²) in [7, 11) is 0. The standard InChI is InChI=1S/C21H21N3O3/c1-14(22-20(25)19-12-13-27-15(19)2)16-8-10-18(11-9-16)24-21(26)23-17-6-4-3-5-7-17/h3-14H,1-2H3,(H,22,25)(H2,23,24,26). The molecule has 1 unspecified atom stereocenters. The van der Waals surface area contributed by atoms with Crippen molar-refractivity contribution in [3.05, 3.63) is 83.8 Å². The van der Waals surface area contributed by atoms with Gasteiger partial charge in [-0.25, -0.2) is 4.79 Å². The number of anilines is 2. The van der Waals surface area contributed by atoms with Gasteiger partial charge in [0.05, 0.1) is 17.9 Å². The van der Waals surface area contributed by atoms with Crippen molar-refractivity contribution >= 4 is 23.3 Å². The molecule has 0 aliphatic rings. The van der Waals surface area contributed by atoms with E-state index in [-0.39, 0.29) is 18.0 Å². The normalized spacial score (nSPS) is 11.5. The third-order valence-electron chi connectivity index (χ3n) is 4.15. The van der Waals surface area contributed by atoms with Crippen LogP contribution in [0, 0.1) is 6.92 Å². The highest BCUT2D eigenvalue weighted by Gasteiger charge is 2.15. The molecule has 6 heteroatoms. The Hall–Kier alpha value is -3.54. The van der Waals surface area contributed by atoms with Crippen LogP contribution in [0.25, 0.3) is 0 Å². The van der Waals surface area contributed by atoms with E-state index in [1.807, 2.05) is 49.4 Å². The highest BCUT2D eigenvalue weighted by Crippen LogP contribution is 2.18. The zero-order chi connectivity index (χ0) is 19.2. The molecular weight excluding hydrogens is 342 g/mol. The van der Waals surface area contributed by atoms with Gasteiger partial charge in [-0.2, -0.15) is 0 Å². The molecule has 0 aliphatic carbocycles. The molecule has 0 radical (unpaired) electrons. The smallest absolute Gasteiger partial charge is 0.323 e. The van der Waals surface area contributed by atoms with E-state index in [1.54, 1.807) is 25.1 Å². The lowest BCUT2D eigenvalue weighted by Gasteiger charge is -2.15. The largest absolute Gasteiger partial charge is 0.469 e. The Morgan fingerprint density at radius 3 is 2.11 bits per heavy atom. The summed E-state index contributed by atoms with van der Waals surface area (Å²) in [5.74, 6) is 0.405. The van der Waals surface area contributed by atoms with Gasteiger partial charge in [-0.15, -0.1) is 0 Å². The van der Waals surface area contributed by atoms with Crippen molar-refractivity contribution in [2.45, 2.75) is 19.9 Å². The Balaban J connectivity index is 1.57. The maximum absolute atomic E-state index is 12.3. The molecule has 0 aliphatic heterocycles. The van der Waals surface area contributed by atoms with E-state index in [0.29, 0.717) is 17.0 Å². The van der Waals surface area contributed by atoms with Crippen LogP contribution in [0.4, 0.5) is 16.2 Å². The van der Waals surface area contributed by atoms with Gasteiger partial charge in [0.25, 0.3) is 5.91 Å². The van der Waals surface area contributed by atoms with Crippen LogP contribution < -0.4 is 16.0 Å². The number of rotatable bonds is 5. The number of furan rings is 1. The highest BCUT2D eigenvalue weighted by atomic mass is 16.3. The summed E-state index contributed by atoms with van der Waals surface area (Å²) in [4.78, 5) is 24.3. The Morgan fingerprint density at radius 2 is 1.52 bits per heavy atom. The molecule has 2 aromatic carbocycles. The summed E-state index contributed by atoms with van der Waals surface area (Å²) in [6, 6.07) is 17.7. The first-order valence-corrected chi connectivity index (χ1v) is 8.61. The Morgan fingerprint density at radius 1 is 0.889 bits per heavy atom. The average Bonchev–Trinajstić information content (AvgIpc) is 3.09. The molecule has 138 valence electrons. The van der Waals surface area contributed by atoms with Gasteiger partial charge in [0, 0.05) is 11.4 Å². The predicted octanol–water partition coefficient (Wildman–Crippen LogP) is 4.72. The first-order valence-electron chi connectivity index (χ1n) is 8.61. The second-order valence-corrected chi connectivity index (χ2v) is 6.15. The molecule has 3 aromatic rings. The van der Waals surface area contributed by atoms with Crippen LogP contribution in [0.1, 0.15) is 34.6 Å². The second kappa shape index (κ2) is 8.23.